The monoisotopic (exact) mass is 397 g/mol. The molecule has 1 heterocycles. The minimum atomic E-state index is -1.10. The minimum Gasteiger partial charge on any atom is -0.489 e. The molecule has 1 aliphatic carbocycles. The largest absolute Gasteiger partial charge is 0.489 e. The fraction of sp³-hybridized carbons (Fsp3) is 0.391. The Balaban J connectivity index is 2.21. The molecule has 1 N–H and O–H groups in total. The lowest BCUT2D eigenvalue weighted by molar-refractivity contribution is -0.132. The minimum absolute atomic E-state index is 0.0281. The summed E-state index contributed by atoms with van der Waals surface area (Å²) >= 11 is 0. The fourth-order valence-electron chi connectivity index (χ4n) is 3.08. The summed E-state index contributed by atoms with van der Waals surface area (Å²) in [5, 5.41) is 9.59. The SMILES string of the molecule is CCCCOC1=C(C)C(=O)C(C)=C(/C=C(\CCCc2cccnc2)C(=O)O)C1=O. The van der Waals surface area contributed by atoms with Crippen LogP contribution in [0, 0.1) is 0 Å². The first-order valence-corrected chi connectivity index (χ1v) is 9.83. The zero-order valence-electron chi connectivity index (χ0n) is 17.2. The van der Waals surface area contributed by atoms with Gasteiger partial charge in [0.15, 0.2) is 11.5 Å². The summed E-state index contributed by atoms with van der Waals surface area (Å²) in [6.07, 6.45) is 7.96. The van der Waals surface area contributed by atoms with Crippen molar-refractivity contribution in [3.05, 3.63) is 64.2 Å². The zero-order valence-corrected chi connectivity index (χ0v) is 17.2. The third-order valence-electron chi connectivity index (χ3n) is 4.85. The van der Waals surface area contributed by atoms with Gasteiger partial charge in [-0.05, 0) is 57.2 Å². The Bertz CT molecular complexity index is 878. The third-order valence-corrected chi connectivity index (χ3v) is 4.85. The Morgan fingerprint density at radius 3 is 2.55 bits per heavy atom. The van der Waals surface area contributed by atoms with Crippen molar-refractivity contribution in [1.29, 1.82) is 0 Å². The molecule has 0 aromatic carbocycles. The second-order valence-electron chi connectivity index (χ2n) is 7.04. The van der Waals surface area contributed by atoms with Crippen LogP contribution in [0.2, 0.25) is 0 Å². The number of carboxylic acid groups (broad SMARTS) is 1. The van der Waals surface area contributed by atoms with Crippen LogP contribution in [0.4, 0.5) is 0 Å². The maximum Gasteiger partial charge on any atom is 0.331 e. The van der Waals surface area contributed by atoms with E-state index in [0.717, 1.165) is 18.4 Å². The normalized spacial score (nSPS) is 15.2. The number of hydrogen-bond acceptors (Lipinski definition) is 5. The van der Waals surface area contributed by atoms with Gasteiger partial charge in [-0.3, -0.25) is 14.6 Å². The molecule has 0 atom stereocenters. The Morgan fingerprint density at radius 1 is 1.17 bits per heavy atom. The Morgan fingerprint density at radius 2 is 1.93 bits per heavy atom. The third kappa shape index (κ3) is 5.73. The van der Waals surface area contributed by atoms with E-state index < -0.39 is 11.8 Å². The number of rotatable bonds is 10. The van der Waals surface area contributed by atoms with Gasteiger partial charge in [0.2, 0.25) is 5.78 Å². The number of hydrogen-bond donors (Lipinski definition) is 1. The van der Waals surface area contributed by atoms with Gasteiger partial charge >= 0.3 is 5.97 Å². The number of aliphatic carboxylic acids is 1. The molecular formula is C23H27NO5. The number of unbranched alkanes of at least 4 members (excludes halogenated alkanes) is 1. The molecule has 0 saturated carbocycles. The first kappa shape index (κ1) is 22.3. The van der Waals surface area contributed by atoms with E-state index in [2.05, 4.69) is 4.98 Å². The first-order chi connectivity index (χ1) is 13.9. The van der Waals surface area contributed by atoms with Crippen molar-refractivity contribution in [3.63, 3.8) is 0 Å². The van der Waals surface area contributed by atoms with Crippen molar-refractivity contribution < 1.29 is 24.2 Å². The second-order valence-corrected chi connectivity index (χ2v) is 7.04. The van der Waals surface area contributed by atoms with Crippen molar-refractivity contribution >= 4 is 17.5 Å². The highest BCUT2D eigenvalue weighted by Crippen LogP contribution is 2.28. The van der Waals surface area contributed by atoms with Crippen molar-refractivity contribution in [2.45, 2.75) is 52.9 Å². The predicted octanol–water partition coefficient (Wildman–Crippen LogP) is 3.97. The molecule has 0 aliphatic heterocycles. The fourth-order valence-corrected chi connectivity index (χ4v) is 3.08. The van der Waals surface area contributed by atoms with Crippen molar-refractivity contribution in [3.8, 4) is 0 Å². The molecule has 1 aromatic heterocycles. The van der Waals surface area contributed by atoms with Crippen LogP contribution in [0.5, 0.6) is 0 Å². The van der Waals surface area contributed by atoms with Crippen LogP contribution < -0.4 is 0 Å². The van der Waals surface area contributed by atoms with Gasteiger partial charge in [-0.1, -0.05) is 19.4 Å². The molecule has 0 spiro atoms. The van der Waals surface area contributed by atoms with E-state index in [4.69, 9.17) is 4.74 Å². The first-order valence-electron chi connectivity index (χ1n) is 9.83. The molecule has 1 aliphatic rings. The van der Waals surface area contributed by atoms with Crippen LogP contribution in [0.1, 0.15) is 52.0 Å². The Labute approximate surface area is 171 Å². The highest BCUT2D eigenvalue weighted by atomic mass is 16.5. The number of nitrogens with zero attached hydrogens (tertiary/aromatic N) is 1. The van der Waals surface area contributed by atoms with E-state index in [9.17, 15) is 19.5 Å². The molecule has 6 nitrogen and oxygen atoms in total. The summed E-state index contributed by atoms with van der Waals surface area (Å²) in [5.74, 6) is -1.79. The second kappa shape index (κ2) is 10.5. The highest BCUT2D eigenvalue weighted by molar-refractivity contribution is 6.25. The van der Waals surface area contributed by atoms with E-state index in [-0.39, 0.29) is 40.3 Å². The summed E-state index contributed by atoms with van der Waals surface area (Å²) in [4.78, 5) is 41.2. The standard InChI is InChI=1S/C23H27NO5/c1-4-5-12-29-22-16(3)20(25)15(2)19(21(22)26)13-18(23(27)28)10-6-8-17-9-7-11-24-14-17/h7,9,11,13-14H,4-6,8,10,12H2,1-3H3,(H,27,28)/b18-13+. The number of ether oxygens (including phenoxy) is 1. The summed E-state index contributed by atoms with van der Waals surface area (Å²) in [5.41, 5.74) is 1.74. The van der Waals surface area contributed by atoms with Crippen LogP contribution >= 0.6 is 0 Å². The number of Topliss-reactive ketones (excluding diaryl/α,β-unsaturated/α-hetero) is 2. The van der Waals surface area contributed by atoms with E-state index in [1.54, 1.807) is 26.2 Å². The van der Waals surface area contributed by atoms with Crippen molar-refractivity contribution in [2.24, 2.45) is 0 Å². The number of aryl methyl sites for hydroxylation is 1. The molecule has 6 heteroatoms. The molecule has 0 saturated heterocycles. The van der Waals surface area contributed by atoms with Gasteiger partial charge in [0.05, 0.1) is 6.61 Å². The lowest BCUT2D eigenvalue weighted by Gasteiger charge is -2.19. The van der Waals surface area contributed by atoms with Gasteiger partial charge in [0.25, 0.3) is 0 Å². The maximum atomic E-state index is 12.9. The summed E-state index contributed by atoms with van der Waals surface area (Å²) in [7, 11) is 0. The van der Waals surface area contributed by atoms with E-state index >= 15 is 0 Å². The Hall–Kier alpha value is -3.02. The molecule has 0 amide bonds. The number of pyridine rings is 1. The predicted molar refractivity (Wildman–Crippen MR) is 109 cm³/mol. The lowest BCUT2D eigenvalue weighted by atomic mass is 9.88. The van der Waals surface area contributed by atoms with E-state index in [1.807, 2.05) is 19.1 Å². The molecule has 154 valence electrons. The molecular weight excluding hydrogens is 370 g/mol. The molecule has 2 rings (SSSR count). The Kier molecular flexibility index (Phi) is 8.07. The molecule has 0 radical (unpaired) electrons. The summed E-state index contributed by atoms with van der Waals surface area (Å²) in [6, 6.07) is 3.76. The van der Waals surface area contributed by atoms with Crippen LogP contribution in [0.15, 0.2) is 58.7 Å². The smallest absolute Gasteiger partial charge is 0.331 e. The van der Waals surface area contributed by atoms with Crippen LogP contribution in [-0.2, 0) is 25.5 Å². The number of carbonyl (C=O) groups is 3. The number of ketones is 2. The van der Waals surface area contributed by atoms with E-state index in [0.29, 0.717) is 19.4 Å². The van der Waals surface area contributed by atoms with Crippen LogP contribution in [0.25, 0.3) is 0 Å². The van der Waals surface area contributed by atoms with Crippen LogP contribution in [0.3, 0.4) is 0 Å². The van der Waals surface area contributed by atoms with Gasteiger partial charge in [0, 0.05) is 34.7 Å². The molecule has 0 fully saturated rings. The summed E-state index contributed by atoms with van der Waals surface area (Å²) in [6.45, 7) is 5.46. The molecule has 1 aromatic rings. The van der Waals surface area contributed by atoms with Gasteiger partial charge in [-0.25, -0.2) is 4.79 Å². The number of carbonyl (C=O) groups excluding carboxylic acids is 2. The lowest BCUT2D eigenvalue weighted by Crippen LogP contribution is -2.23. The van der Waals surface area contributed by atoms with E-state index in [1.165, 1.54) is 6.08 Å². The van der Waals surface area contributed by atoms with Crippen molar-refractivity contribution in [1.82, 2.24) is 4.98 Å². The van der Waals surface area contributed by atoms with Gasteiger partial charge in [-0.2, -0.15) is 0 Å². The topological polar surface area (TPSA) is 93.6 Å². The zero-order chi connectivity index (χ0) is 21.4. The average Bonchev–Trinajstić information content (AvgIpc) is 2.71. The maximum absolute atomic E-state index is 12.9. The quantitative estimate of drug-likeness (QED) is 0.365. The molecule has 0 bridgehead atoms. The highest BCUT2D eigenvalue weighted by Gasteiger charge is 2.31. The van der Waals surface area contributed by atoms with Crippen LogP contribution in [-0.4, -0.2) is 34.2 Å². The number of aromatic nitrogens is 1. The van der Waals surface area contributed by atoms with Gasteiger partial charge < -0.3 is 9.84 Å². The van der Waals surface area contributed by atoms with Crippen molar-refractivity contribution in [2.75, 3.05) is 6.61 Å². The summed E-state index contributed by atoms with van der Waals surface area (Å²) < 4.78 is 5.57. The molecule has 0 unspecified atom stereocenters. The molecule has 29 heavy (non-hydrogen) atoms. The number of allylic oxidation sites excluding steroid dienone is 4. The van der Waals surface area contributed by atoms with Gasteiger partial charge in [0.1, 0.15) is 0 Å². The average molecular weight is 397 g/mol. The van der Waals surface area contributed by atoms with Gasteiger partial charge in [-0.15, -0.1) is 0 Å². The number of carboxylic acids is 1.